The van der Waals surface area contributed by atoms with E-state index in [0.717, 1.165) is 31.5 Å². The van der Waals surface area contributed by atoms with Gasteiger partial charge in [-0.15, -0.1) is 0 Å². The largest absolute Gasteiger partial charge is 0.342 e. The maximum Gasteiger partial charge on any atom is 0.109 e. The average Bonchev–Trinajstić information content (AvgIpc) is 3.22. The minimum Gasteiger partial charge on any atom is -0.342 e. The van der Waals surface area contributed by atoms with Crippen LogP contribution in [0.15, 0.2) is 42.5 Å². The molecule has 0 amide bonds. The first kappa shape index (κ1) is 19.8. The first-order valence-electron chi connectivity index (χ1n) is 12.1. The number of benzene rings is 3. The summed E-state index contributed by atoms with van der Waals surface area (Å²) in [4.78, 5) is 8.55. The van der Waals surface area contributed by atoms with E-state index in [-0.39, 0.29) is 5.41 Å². The zero-order valence-corrected chi connectivity index (χ0v) is 19.9. The Kier molecular flexibility index (Phi) is 4.21. The molecule has 6 rings (SSSR count). The van der Waals surface area contributed by atoms with Gasteiger partial charge < -0.3 is 4.98 Å². The molecule has 0 fully saturated rings. The van der Waals surface area contributed by atoms with Gasteiger partial charge in [0.15, 0.2) is 0 Å². The average molecular weight is 421 g/mol. The van der Waals surface area contributed by atoms with Crippen LogP contribution in [-0.4, -0.2) is 9.97 Å². The zero-order chi connectivity index (χ0) is 22.2. The van der Waals surface area contributed by atoms with E-state index in [1.165, 1.54) is 50.0 Å². The Morgan fingerprint density at radius 2 is 1.44 bits per heavy atom. The van der Waals surface area contributed by atoms with Crippen LogP contribution in [0.1, 0.15) is 74.3 Å². The molecule has 0 atom stereocenters. The van der Waals surface area contributed by atoms with Crippen molar-refractivity contribution in [1.82, 2.24) is 9.97 Å². The van der Waals surface area contributed by atoms with E-state index in [0.29, 0.717) is 5.92 Å². The van der Waals surface area contributed by atoms with Gasteiger partial charge in [-0.05, 0) is 75.3 Å². The number of imidazole rings is 1. The van der Waals surface area contributed by atoms with Gasteiger partial charge in [0.25, 0.3) is 0 Å². The first-order valence-corrected chi connectivity index (χ1v) is 12.1. The molecule has 2 heteroatoms. The molecule has 1 aromatic heterocycles. The summed E-state index contributed by atoms with van der Waals surface area (Å²) < 4.78 is 0. The van der Waals surface area contributed by atoms with Crippen LogP contribution in [0.4, 0.5) is 0 Å². The topological polar surface area (TPSA) is 28.7 Å². The lowest BCUT2D eigenvalue weighted by atomic mass is 9.77. The number of nitrogens with one attached hydrogen (secondary N) is 1. The lowest BCUT2D eigenvalue weighted by molar-refractivity contribution is 0.591. The van der Waals surface area contributed by atoms with Gasteiger partial charge in [0.1, 0.15) is 5.82 Å². The number of hydrogen-bond donors (Lipinski definition) is 1. The summed E-state index contributed by atoms with van der Waals surface area (Å²) >= 11 is 0. The Labute approximate surface area is 191 Å². The highest BCUT2D eigenvalue weighted by atomic mass is 14.9. The van der Waals surface area contributed by atoms with Gasteiger partial charge in [-0.3, -0.25) is 0 Å². The predicted molar refractivity (Wildman–Crippen MR) is 135 cm³/mol. The van der Waals surface area contributed by atoms with Crippen LogP contribution < -0.4 is 0 Å². The van der Waals surface area contributed by atoms with E-state index in [9.17, 15) is 0 Å². The number of H-pyrrole nitrogens is 1. The molecular weight excluding hydrogens is 388 g/mol. The molecule has 2 nitrogen and oxygen atoms in total. The van der Waals surface area contributed by atoms with Gasteiger partial charge in [0.2, 0.25) is 0 Å². The summed E-state index contributed by atoms with van der Waals surface area (Å²) in [6, 6.07) is 16.5. The van der Waals surface area contributed by atoms with Crippen molar-refractivity contribution in [2.45, 2.75) is 71.6 Å². The molecular formula is C30H32N2. The van der Waals surface area contributed by atoms with Crippen LogP contribution in [0.2, 0.25) is 0 Å². The van der Waals surface area contributed by atoms with Gasteiger partial charge in [0, 0.05) is 11.5 Å². The lowest BCUT2D eigenvalue weighted by Crippen LogP contribution is -2.13. The zero-order valence-electron chi connectivity index (χ0n) is 19.9. The van der Waals surface area contributed by atoms with Crippen molar-refractivity contribution in [3.63, 3.8) is 0 Å². The number of aromatic amines is 1. The van der Waals surface area contributed by atoms with Crippen LogP contribution in [0.5, 0.6) is 0 Å². The molecule has 0 bridgehead atoms. The number of rotatable bonds is 1. The minimum absolute atomic E-state index is 0.177. The number of aromatic nitrogens is 2. The fourth-order valence-electron chi connectivity index (χ4n) is 5.73. The molecule has 2 aliphatic carbocycles. The van der Waals surface area contributed by atoms with Crippen LogP contribution in [-0.2, 0) is 31.1 Å². The van der Waals surface area contributed by atoms with Crippen molar-refractivity contribution in [1.29, 1.82) is 0 Å². The number of aryl methyl sites for hydroxylation is 2. The molecule has 0 unspecified atom stereocenters. The number of hydrogen-bond acceptors (Lipinski definition) is 1. The van der Waals surface area contributed by atoms with Crippen LogP contribution >= 0.6 is 0 Å². The first-order chi connectivity index (χ1) is 15.3. The van der Waals surface area contributed by atoms with Gasteiger partial charge in [0.05, 0.1) is 11.4 Å². The molecule has 32 heavy (non-hydrogen) atoms. The van der Waals surface area contributed by atoms with Gasteiger partial charge >= 0.3 is 0 Å². The molecule has 1 heterocycles. The third kappa shape index (κ3) is 2.88. The molecule has 0 saturated heterocycles. The molecule has 0 radical (unpaired) electrons. The van der Waals surface area contributed by atoms with Crippen molar-refractivity contribution in [2.24, 2.45) is 0 Å². The predicted octanol–water partition coefficient (Wildman–Crippen LogP) is 7.52. The van der Waals surface area contributed by atoms with Crippen molar-refractivity contribution in [2.75, 3.05) is 0 Å². The van der Waals surface area contributed by atoms with Crippen molar-refractivity contribution in [3.05, 3.63) is 76.2 Å². The Morgan fingerprint density at radius 1 is 0.781 bits per heavy atom. The Hall–Kier alpha value is -2.87. The van der Waals surface area contributed by atoms with Crippen LogP contribution in [0.25, 0.3) is 33.2 Å². The summed E-state index contributed by atoms with van der Waals surface area (Å²) in [6.45, 7) is 11.3. The molecule has 162 valence electrons. The van der Waals surface area contributed by atoms with Crippen molar-refractivity contribution in [3.8, 4) is 22.4 Å². The minimum atomic E-state index is 0.177. The van der Waals surface area contributed by atoms with E-state index in [4.69, 9.17) is 4.98 Å². The quantitative estimate of drug-likeness (QED) is 0.339. The third-order valence-corrected chi connectivity index (χ3v) is 7.57. The maximum absolute atomic E-state index is 4.90. The number of fused-ring (bicyclic) bond motifs is 9. The van der Waals surface area contributed by atoms with Gasteiger partial charge in [-0.1, -0.05) is 77.1 Å². The molecule has 0 aliphatic heterocycles. The van der Waals surface area contributed by atoms with E-state index < -0.39 is 0 Å². The fraction of sp³-hybridized carbons (Fsp3) is 0.367. The summed E-state index contributed by atoms with van der Waals surface area (Å²) in [5.74, 6) is 1.55. The summed E-state index contributed by atoms with van der Waals surface area (Å²) in [5.41, 5.74) is 13.0. The Balaban J connectivity index is 1.49. The van der Waals surface area contributed by atoms with E-state index in [1.807, 2.05) is 0 Å². The Morgan fingerprint density at radius 3 is 2.22 bits per heavy atom. The smallest absolute Gasteiger partial charge is 0.109 e. The molecule has 4 aromatic rings. The molecule has 3 aromatic carbocycles. The molecule has 1 N–H and O–H groups in total. The second-order valence-corrected chi connectivity index (χ2v) is 11.0. The standard InChI is InChI=1S/C30H32N2/c1-17(2)29-31-27-15-14-25-24-11-10-21-20-9-7-19(30(3,4)5)16-18(20)6-8-22(21)23(24)12-13-26(25)28(27)32-29/h6-9,12-13,16-17H,10-11,14-15H2,1-5H3,(H,31,32). The maximum atomic E-state index is 4.90. The summed E-state index contributed by atoms with van der Waals surface area (Å²) in [5, 5.41) is 2.80. The highest BCUT2D eigenvalue weighted by Gasteiger charge is 2.27. The molecule has 0 spiro atoms. The van der Waals surface area contributed by atoms with Gasteiger partial charge in [-0.2, -0.15) is 0 Å². The monoisotopic (exact) mass is 420 g/mol. The Bertz CT molecular complexity index is 1380. The van der Waals surface area contributed by atoms with E-state index in [1.54, 1.807) is 11.1 Å². The number of nitrogens with zero attached hydrogens (tertiary/aromatic N) is 1. The SMILES string of the molecule is CC(C)c1nc2c([nH]1)-c1ccc3c(c1CC2)CCc1c-3ccc2cc(C(C)(C)C)ccc12. The van der Waals surface area contributed by atoms with E-state index >= 15 is 0 Å². The second-order valence-electron chi connectivity index (χ2n) is 11.0. The van der Waals surface area contributed by atoms with Crippen LogP contribution in [0, 0.1) is 0 Å². The van der Waals surface area contributed by atoms with E-state index in [2.05, 4.69) is 82.1 Å². The second kappa shape index (κ2) is 6.81. The normalized spacial score (nSPS) is 14.8. The van der Waals surface area contributed by atoms with Crippen molar-refractivity contribution >= 4 is 10.8 Å². The highest BCUT2D eigenvalue weighted by molar-refractivity contribution is 5.94. The lowest BCUT2D eigenvalue weighted by Gasteiger charge is -2.28. The molecule has 0 saturated carbocycles. The third-order valence-electron chi connectivity index (χ3n) is 7.57. The highest BCUT2D eigenvalue weighted by Crippen LogP contribution is 2.44. The van der Waals surface area contributed by atoms with Gasteiger partial charge in [-0.25, -0.2) is 4.98 Å². The molecule has 2 aliphatic rings. The fourth-order valence-corrected chi connectivity index (χ4v) is 5.73. The van der Waals surface area contributed by atoms with Crippen molar-refractivity contribution < 1.29 is 0 Å². The summed E-state index contributed by atoms with van der Waals surface area (Å²) in [6.07, 6.45) is 4.40. The summed E-state index contributed by atoms with van der Waals surface area (Å²) in [7, 11) is 0. The van der Waals surface area contributed by atoms with Crippen LogP contribution in [0.3, 0.4) is 0 Å².